The molecule has 0 aromatic rings. The predicted octanol–water partition coefficient (Wildman–Crippen LogP) is 1.09. The first-order chi connectivity index (χ1) is 4.05. The zero-order valence-corrected chi connectivity index (χ0v) is 7.80. The van der Waals surface area contributed by atoms with Gasteiger partial charge < -0.3 is 0 Å². The van der Waals surface area contributed by atoms with Gasteiger partial charge in [0.25, 0.3) is 0 Å². The smallest absolute Gasteiger partial charge is 0.110 e. The van der Waals surface area contributed by atoms with Crippen LogP contribution in [0, 0.1) is 4.78 Å². The molecule has 1 unspecified atom stereocenters. The van der Waals surface area contributed by atoms with Gasteiger partial charge in [0.2, 0.25) is 0 Å². The van der Waals surface area contributed by atoms with Gasteiger partial charge in [0, 0.05) is 14.1 Å². The van der Waals surface area contributed by atoms with E-state index < -0.39 is 9.92 Å². The van der Waals surface area contributed by atoms with E-state index in [0.717, 1.165) is 12.8 Å². The summed E-state index contributed by atoms with van der Waals surface area (Å²) in [6.07, 6.45) is 1.95. The van der Waals surface area contributed by atoms with Gasteiger partial charge in [0.1, 0.15) is 9.92 Å². The van der Waals surface area contributed by atoms with Gasteiger partial charge in [-0.05, 0) is 12.8 Å². The number of nitrogens with one attached hydrogen (secondary N) is 1. The van der Waals surface area contributed by atoms with E-state index in [4.69, 9.17) is 4.78 Å². The predicted molar refractivity (Wildman–Crippen MR) is 44.8 cm³/mol. The van der Waals surface area contributed by atoms with Crippen molar-refractivity contribution in [3.8, 4) is 0 Å². The van der Waals surface area contributed by atoms with Crippen LogP contribution < -0.4 is 0 Å². The molecule has 3 nitrogen and oxygen atoms in total. The number of hydrogen-bond acceptors (Lipinski definition) is 2. The van der Waals surface area contributed by atoms with E-state index in [1.807, 2.05) is 0 Å². The Bertz CT molecular complexity index is 188. The molecule has 1 N–H and O–H groups in total. The van der Waals surface area contributed by atoms with Gasteiger partial charge >= 0.3 is 0 Å². The molecule has 1 aliphatic carbocycles. The average Bonchev–Trinajstić information content (AvgIpc) is 2.42. The van der Waals surface area contributed by atoms with Crippen molar-refractivity contribution in [2.45, 2.75) is 18.1 Å². The van der Waals surface area contributed by atoms with Gasteiger partial charge in [0.15, 0.2) is 0 Å². The van der Waals surface area contributed by atoms with Crippen LogP contribution >= 0.6 is 12.4 Å². The summed E-state index contributed by atoms with van der Waals surface area (Å²) in [7, 11) is 1.03. The van der Waals surface area contributed by atoms with Crippen molar-refractivity contribution >= 4 is 22.3 Å². The summed E-state index contributed by atoms with van der Waals surface area (Å²) >= 11 is 0. The molecule has 0 amide bonds. The molecule has 62 valence electrons. The second kappa shape index (κ2) is 3.07. The second-order valence-electron chi connectivity index (χ2n) is 2.58. The van der Waals surface area contributed by atoms with E-state index in [1.165, 1.54) is 4.31 Å². The zero-order valence-electron chi connectivity index (χ0n) is 6.16. The molecule has 1 fully saturated rings. The lowest BCUT2D eigenvalue weighted by Gasteiger charge is -2.12. The van der Waals surface area contributed by atoms with Crippen molar-refractivity contribution < 1.29 is 4.21 Å². The molecule has 0 aliphatic heterocycles. The Kier molecular flexibility index (Phi) is 3.13. The molecule has 0 bridgehead atoms. The third kappa shape index (κ3) is 1.84. The summed E-state index contributed by atoms with van der Waals surface area (Å²) in [6, 6.07) is 0. The third-order valence-electron chi connectivity index (χ3n) is 1.52. The number of nitrogens with zero attached hydrogens (tertiary/aromatic N) is 1. The molecular weight excluding hydrogens is 172 g/mol. The molecular formula is C5H13ClN2OS. The maximum absolute atomic E-state index is 11.2. The molecule has 1 saturated carbocycles. The summed E-state index contributed by atoms with van der Waals surface area (Å²) in [4.78, 5) is 0. The van der Waals surface area contributed by atoms with Crippen LogP contribution in [-0.2, 0) is 9.92 Å². The van der Waals surface area contributed by atoms with E-state index in [1.54, 1.807) is 14.1 Å². The van der Waals surface area contributed by atoms with Crippen molar-refractivity contribution in [3.05, 3.63) is 0 Å². The highest BCUT2D eigenvalue weighted by molar-refractivity contribution is 7.91. The molecule has 1 rings (SSSR count). The number of halogens is 1. The highest BCUT2D eigenvalue weighted by Crippen LogP contribution is 2.30. The van der Waals surface area contributed by atoms with Crippen molar-refractivity contribution in [2.75, 3.05) is 14.1 Å². The lowest BCUT2D eigenvalue weighted by Crippen LogP contribution is -2.24. The zero-order chi connectivity index (χ0) is 7.07. The first-order valence-corrected chi connectivity index (χ1v) is 4.58. The van der Waals surface area contributed by atoms with Crippen LogP contribution in [0.5, 0.6) is 0 Å². The van der Waals surface area contributed by atoms with Crippen LogP contribution in [0.4, 0.5) is 0 Å². The van der Waals surface area contributed by atoms with Gasteiger partial charge in [-0.25, -0.2) is 13.3 Å². The minimum atomic E-state index is -2.37. The summed E-state index contributed by atoms with van der Waals surface area (Å²) in [5.41, 5.74) is 0. The third-order valence-corrected chi connectivity index (χ3v) is 3.98. The lowest BCUT2D eigenvalue weighted by molar-refractivity contribution is 0.588. The van der Waals surface area contributed by atoms with Crippen LogP contribution in [0.1, 0.15) is 12.8 Å². The average molecular weight is 185 g/mol. The molecule has 10 heavy (non-hydrogen) atoms. The van der Waals surface area contributed by atoms with Gasteiger partial charge in [-0.1, -0.05) is 0 Å². The Morgan fingerprint density at radius 2 is 1.90 bits per heavy atom. The van der Waals surface area contributed by atoms with E-state index in [0.29, 0.717) is 0 Å². The fourth-order valence-corrected chi connectivity index (χ4v) is 2.06. The minimum absolute atomic E-state index is 0. The molecule has 0 aromatic carbocycles. The normalized spacial score (nSPS) is 23.5. The molecule has 0 aromatic heterocycles. The van der Waals surface area contributed by atoms with Gasteiger partial charge in [-0.3, -0.25) is 0 Å². The van der Waals surface area contributed by atoms with Crippen LogP contribution in [-0.4, -0.2) is 27.9 Å². The second-order valence-corrected chi connectivity index (χ2v) is 5.11. The molecule has 1 atom stereocenters. The Balaban J connectivity index is 0.000000810. The van der Waals surface area contributed by atoms with Crippen LogP contribution in [0.25, 0.3) is 0 Å². The SMILES string of the molecule is CN(C)S(=N)(=O)C1CC1.Cl. The van der Waals surface area contributed by atoms with Crippen LogP contribution in [0.3, 0.4) is 0 Å². The van der Waals surface area contributed by atoms with Crippen molar-refractivity contribution in [2.24, 2.45) is 0 Å². The summed E-state index contributed by atoms with van der Waals surface area (Å²) < 4.78 is 20.1. The fourth-order valence-electron chi connectivity index (χ4n) is 0.686. The Labute approximate surface area is 68.3 Å². The van der Waals surface area contributed by atoms with E-state index in [-0.39, 0.29) is 17.7 Å². The number of hydrogen-bond donors (Lipinski definition) is 1. The van der Waals surface area contributed by atoms with E-state index in [2.05, 4.69) is 0 Å². The van der Waals surface area contributed by atoms with Crippen molar-refractivity contribution in [1.29, 1.82) is 4.78 Å². The van der Waals surface area contributed by atoms with Crippen LogP contribution in [0.2, 0.25) is 0 Å². The summed E-state index contributed by atoms with van der Waals surface area (Å²) in [5.74, 6) is 0. The Hall–Kier alpha value is 0.200. The van der Waals surface area contributed by atoms with Gasteiger partial charge in [-0.15, -0.1) is 12.4 Å². The quantitative estimate of drug-likeness (QED) is 0.686. The summed E-state index contributed by atoms with van der Waals surface area (Å²) in [6.45, 7) is 0. The maximum atomic E-state index is 11.2. The highest BCUT2D eigenvalue weighted by atomic mass is 35.5. The largest absolute Gasteiger partial charge is 0.240 e. The minimum Gasteiger partial charge on any atom is -0.240 e. The lowest BCUT2D eigenvalue weighted by atomic mass is 11.0. The van der Waals surface area contributed by atoms with Gasteiger partial charge in [0.05, 0.1) is 5.25 Å². The standard InChI is InChI=1S/C5H12N2OS.ClH/c1-7(2)9(6,8)5-3-4-5;/h5-6H,3-4H2,1-2H3;1H. The van der Waals surface area contributed by atoms with E-state index in [9.17, 15) is 4.21 Å². The van der Waals surface area contributed by atoms with Crippen molar-refractivity contribution in [1.82, 2.24) is 4.31 Å². The van der Waals surface area contributed by atoms with Gasteiger partial charge in [-0.2, -0.15) is 0 Å². The Morgan fingerprint density at radius 1 is 1.50 bits per heavy atom. The fraction of sp³-hybridized carbons (Fsp3) is 1.00. The summed E-state index contributed by atoms with van der Waals surface area (Å²) in [5, 5.41) is 0.160. The maximum Gasteiger partial charge on any atom is 0.110 e. The first-order valence-electron chi connectivity index (χ1n) is 3.00. The number of rotatable bonds is 2. The first kappa shape index (κ1) is 10.2. The van der Waals surface area contributed by atoms with E-state index >= 15 is 0 Å². The molecule has 1 aliphatic rings. The Morgan fingerprint density at radius 3 is 2.00 bits per heavy atom. The molecule has 0 spiro atoms. The molecule has 0 heterocycles. The molecule has 5 heteroatoms. The topological polar surface area (TPSA) is 44.2 Å². The molecule has 0 radical (unpaired) electrons. The van der Waals surface area contributed by atoms with Crippen LogP contribution in [0.15, 0.2) is 0 Å². The van der Waals surface area contributed by atoms with Crippen molar-refractivity contribution in [3.63, 3.8) is 0 Å². The molecule has 0 saturated heterocycles. The monoisotopic (exact) mass is 184 g/mol. The highest BCUT2D eigenvalue weighted by Gasteiger charge is 2.33.